The maximum absolute atomic E-state index is 13.6. The van der Waals surface area contributed by atoms with Crippen LogP contribution in [0.3, 0.4) is 0 Å². The smallest absolute Gasteiger partial charge is 0.223 e. The Labute approximate surface area is 251 Å². The van der Waals surface area contributed by atoms with Crippen LogP contribution in [0.15, 0.2) is 36.7 Å². The number of aryl methyl sites for hydroxylation is 1. The summed E-state index contributed by atoms with van der Waals surface area (Å²) in [7, 11) is -3.23. The molecule has 4 rings (SSSR count). The van der Waals surface area contributed by atoms with Gasteiger partial charge in [0.25, 0.3) is 0 Å². The van der Waals surface area contributed by atoms with Crippen molar-refractivity contribution in [2.24, 2.45) is 5.92 Å². The van der Waals surface area contributed by atoms with E-state index in [1.165, 1.54) is 10.6 Å². The van der Waals surface area contributed by atoms with Crippen LogP contribution in [-0.2, 0) is 32.6 Å². The number of sulfonamides is 1. The van der Waals surface area contributed by atoms with E-state index in [2.05, 4.69) is 28.7 Å². The zero-order valence-electron chi connectivity index (χ0n) is 25.5. The average molecular weight is 599 g/mol. The molecule has 11 heteroatoms. The number of hydrogen-bond acceptors (Lipinski definition) is 7. The van der Waals surface area contributed by atoms with E-state index in [0.717, 1.165) is 61.5 Å². The predicted molar refractivity (Wildman–Crippen MR) is 165 cm³/mol. The SMILES string of the molecule is CC(=O)N1CCCN(CC(C)C)CCN(C(=O)CCc2cnc(C3CCCN(S(C)(=O)=O)C3)cn2)Cc2ccccc21. The normalized spacial score (nSPS) is 19.8. The third-order valence-corrected chi connectivity index (χ3v) is 9.40. The molecule has 10 nitrogen and oxygen atoms in total. The van der Waals surface area contributed by atoms with E-state index < -0.39 is 10.0 Å². The Hall–Kier alpha value is -2.89. The molecule has 1 aromatic heterocycles. The van der Waals surface area contributed by atoms with E-state index in [1.807, 2.05) is 34.1 Å². The number of nitrogens with zero attached hydrogens (tertiary/aromatic N) is 6. The molecule has 1 unspecified atom stereocenters. The van der Waals surface area contributed by atoms with Crippen LogP contribution in [0.4, 0.5) is 5.69 Å². The lowest BCUT2D eigenvalue weighted by atomic mass is 9.96. The van der Waals surface area contributed by atoms with Crippen LogP contribution in [0.5, 0.6) is 0 Å². The van der Waals surface area contributed by atoms with Crippen LogP contribution < -0.4 is 4.90 Å². The van der Waals surface area contributed by atoms with E-state index in [9.17, 15) is 18.0 Å². The Kier molecular flexibility index (Phi) is 11.1. The molecule has 2 aliphatic heterocycles. The highest BCUT2D eigenvalue weighted by atomic mass is 32.2. The van der Waals surface area contributed by atoms with Crippen molar-refractivity contribution in [3.8, 4) is 0 Å². The number of piperidine rings is 1. The van der Waals surface area contributed by atoms with Gasteiger partial charge in [-0.25, -0.2) is 12.7 Å². The molecule has 42 heavy (non-hydrogen) atoms. The molecule has 2 amide bonds. The summed E-state index contributed by atoms with van der Waals surface area (Å²) in [6, 6.07) is 7.89. The Bertz CT molecular complexity index is 1320. The molecule has 0 aliphatic carbocycles. The van der Waals surface area contributed by atoms with Crippen LogP contribution in [0.25, 0.3) is 0 Å². The second kappa shape index (κ2) is 14.5. The number of benzene rings is 1. The van der Waals surface area contributed by atoms with E-state index in [-0.39, 0.29) is 17.7 Å². The van der Waals surface area contributed by atoms with Gasteiger partial charge in [-0.2, -0.15) is 0 Å². The zero-order chi connectivity index (χ0) is 30.3. The first-order chi connectivity index (χ1) is 20.0. The largest absolute Gasteiger partial charge is 0.337 e. The molecule has 2 aliphatic rings. The molecule has 3 heterocycles. The monoisotopic (exact) mass is 598 g/mol. The Morgan fingerprint density at radius 2 is 1.79 bits per heavy atom. The summed E-state index contributed by atoms with van der Waals surface area (Å²) in [4.78, 5) is 41.6. The summed E-state index contributed by atoms with van der Waals surface area (Å²) in [5, 5.41) is 0. The van der Waals surface area contributed by atoms with E-state index in [1.54, 1.807) is 19.3 Å². The molecule has 0 saturated carbocycles. The summed E-state index contributed by atoms with van der Waals surface area (Å²) in [5.41, 5.74) is 3.38. The maximum Gasteiger partial charge on any atom is 0.223 e. The van der Waals surface area contributed by atoms with Crippen LogP contribution in [0.2, 0.25) is 0 Å². The van der Waals surface area contributed by atoms with Crippen molar-refractivity contribution < 1.29 is 18.0 Å². The average Bonchev–Trinajstić information content (AvgIpc) is 2.99. The molecule has 0 spiro atoms. The molecule has 230 valence electrons. The molecule has 0 radical (unpaired) electrons. The first-order valence-corrected chi connectivity index (χ1v) is 17.0. The van der Waals surface area contributed by atoms with Crippen molar-refractivity contribution in [2.45, 2.75) is 65.3 Å². The molecule has 2 aromatic rings. The van der Waals surface area contributed by atoms with Gasteiger partial charge in [0.2, 0.25) is 21.8 Å². The second-order valence-corrected chi connectivity index (χ2v) is 14.0. The fourth-order valence-electron chi connectivity index (χ4n) is 5.96. The van der Waals surface area contributed by atoms with Gasteiger partial charge in [0.1, 0.15) is 0 Å². The Balaban J connectivity index is 1.46. The number of carbonyl (C=O) groups is 2. The highest BCUT2D eigenvalue weighted by molar-refractivity contribution is 7.88. The minimum Gasteiger partial charge on any atom is -0.337 e. The van der Waals surface area contributed by atoms with Gasteiger partial charge in [-0.1, -0.05) is 32.0 Å². The first kappa shape index (κ1) is 32.0. The minimum absolute atomic E-state index is 0.00857. The number of para-hydroxylation sites is 1. The molecule has 1 fully saturated rings. The summed E-state index contributed by atoms with van der Waals surface area (Å²) in [5.74, 6) is 0.585. The molecular weight excluding hydrogens is 552 g/mol. The van der Waals surface area contributed by atoms with Crippen molar-refractivity contribution in [2.75, 3.05) is 57.0 Å². The van der Waals surface area contributed by atoms with Crippen LogP contribution in [0, 0.1) is 5.92 Å². The summed E-state index contributed by atoms with van der Waals surface area (Å²) >= 11 is 0. The number of hydrogen-bond donors (Lipinski definition) is 0. The van der Waals surface area contributed by atoms with Crippen molar-refractivity contribution in [3.63, 3.8) is 0 Å². The molecule has 1 saturated heterocycles. The van der Waals surface area contributed by atoms with Crippen LogP contribution in [0.1, 0.15) is 69.3 Å². The van der Waals surface area contributed by atoms with Gasteiger partial charge in [0.15, 0.2) is 0 Å². The van der Waals surface area contributed by atoms with Gasteiger partial charge in [0.05, 0.1) is 17.6 Å². The maximum atomic E-state index is 13.6. The number of aromatic nitrogens is 2. The lowest BCUT2D eigenvalue weighted by molar-refractivity contribution is -0.132. The van der Waals surface area contributed by atoms with Crippen molar-refractivity contribution >= 4 is 27.5 Å². The van der Waals surface area contributed by atoms with E-state index >= 15 is 0 Å². The predicted octanol–water partition coefficient (Wildman–Crippen LogP) is 3.29. The molecule has 1 aromatic carbocycles. The van der Waals surface area contributed by atoms with E-state index in [4.69, 9.17) is 0 Å². The highest BCUT2D eigenvalue weighted by Crippen LogP contribution is 2.27. The van der Waals surface area contributed by atoms with Crippen molar-refractivity contribution in [3.05, 3.63) is 53.6 Å². The second-order valence-electron chi connectivity index (χ2n) is 12.1. The summed E-state index contributed by atoms with van der Waals surface area (Å²) in [6.07, 6.45) is 8.03. The van der Waals surface area contributed by atoms with Crippen LogP contribution >= 0.6 is 0 Å². The van der Waals surface area contributed by atoms with Gasteiger partial charge in [-0.05, 0) is 49.8 Å². The number of rotatable bonds is 7. The standard InChI is InChI=1S/C31H46N6O4S/c1-24(2)21-34-14-8-16-37(25(3)38)30-11-6-5-9-27(30)22-35(18-17-34)31(39)13-12-28-19-33-29(20-32-28)26-10-7-15-36(23-26)42(4,40)41/h5-6,9,11,19-20,24,26H,7-8,10,12-18,21-23H2,1-4H3. The van der Waals surface area contributed by atoms with Crippen LogP contribution in [-0.4, -0.2) is 96.4 Å². The molecule has 1 atom stereocenters. The van der Waals surface area contributed by atoms with Gasteiger partial charge in [-0.3, -0.25) is 19.6 Å². The lowest BCUT2D eigenvalue weighted by Gasteiger charge is -2.30. The Morgan fingerprint density at radius 3 is 2.48 bits per heavy atom. The van der Waals surface area contributed by atoms with Crippen molar-refractivity contribution in [1.82, 2.24) is 24.1 Å². The minimum atomic E-state index is -3.23. The third kappa shape index (κ3) is 8.81. The quantitative estimate of drug-likeness (QED) is 0.482. The third-order valence-electron chi connectivity index (χ3n) is 8.13. The molecular formula is C31H46N6O4S. The molecule has 0 N–H and O–H groups in total. The molecule has 0 bridgehead atoms. The highest BCUT2D eigenvalue weighted by Gasteiger charge is 2.28. The first-order valence-electron chi connectivity index (χ1n) is 15.1. The van der Waals surface area contributed by atoms with Gasteiger partial charge >= 0.3 is 0 Å². The summed E-state index contributed by atoms with van der Waals surface area (Å²) in [6.45, 7) is 11.3. The fraction of sp³-hybridized carbons (Fsp3) is 0.613. The van der Waals surface area contributed by atoms with Gasteiger partial charge in [0, 0.05) is 83.2 Å². The number of anilines is 1. The lowest BCUT2D eigenvalue weighted by Crippen LogP contribution is -2.40. The zero-order valence-corrected chi connectivity index (χ0v) is 26.4. The number of carbonyl (C=O) groups excluding carboxylic acids is 2. The number of fused-ring (bicyclic) bond motifs is 1. The topological polar surface area (TPSA) is 107 Å². The Morgan fingerprint density at radius 1 is 1.00 bits per heavy atom. The van der Waals surface area contributed by atoms with Gasteiger partial charge < -0.3 is 14.7 Å². The van der Waals surface area contributed by atoms with Crippen molar-refractivity contribution in [1.29, 1.82) is 0 Å². The van der Waals surface area contributed by atoms with E-state index in [0.29, 0.717) is 51.5 Å². The fourth-order valence-corrected chi connectivity index (χ4v) is 6.87. The van der Waals surface area contributed by atoms with Gasteiger partial charge in [-0.15, -0.1) is 0 Å². The summed E-state index contributed by atoms with van der Waals surface area (Å²) < 4.78 is 25.5. The number of amides is 2.